The first-order chi connectivity index (χ1) is 20.5. The summed E-state index contributed by atoms with van der Waals surface area (Å²) in [5.74, 6) is 0.313. The first-order valence-corrected chi connectivity index (χ1v) is 14.1. The molecule has 5 aromatic rings. The van der Waals surface area contributed by atoms with Gasteiger partial charge in [-0.05, 0) is 45.0 Å². The Labute approximate surface area is 258 Å². The Kier molecular flexibility index (Phi) is 8.39. The van der Waals surface area contributed by atoms with Crippen molar-refractivity contribution in [3.8, 4) is 39.5 Å². The molecule has 4 heterocycles. The van der Waals surface area contributed by atoms with E-state index < -0.39 is 11.6 Å². The van der Waals surface area contributed by atoms with Gasteiger partial charge < -0.3 is 19.4 Å². The molecule has 0 aliphatic carbocycles. The Bertz CT molecular complexity index is 1860. The van der Waals surface area contributed by atoms with E-state index in [4.69, 9.17) is 32.7 Å². The summed E-state index contributed by atoms with van der Waals surface area (Å²) in [5, 5.41) is 3.60. The van der Waals surface area contributed by atoms with Crippen LogP contribution in [0.25, 0.3) is 44.7 Å². The summed E-state index contributed by atoms with van der Waals surface area (Å²) in [5.41, 5.74) is 5.93. The van der Waals surface area contributed by atoms with Crippen LogP contribution in [0, 0.1) is 0 Å². The number of hydrogen-bond donors (Lipinski definition) is 1. The van der Waals surface area contributed by atoms with Crippen molar-refractivity contribution in [2.24, 2.45) is 7.05 Å². The van der Waals surface area contributed by atoms with Gasteiger partial charge in [-0.25, -0.2) is 9.78 Å². The quantitative estimate of drug-likeness (QED) is 0.188. The predicted molar refractivity (Wildman–Crippen MR) is 168 cm³/mol. The molecule has 4 aromatic heterocycles. The first-order valence-electron chi connectivity index (χ1n) is 13.3. The van der Waals surface area contributed by atoms with Gasteiger partial charge in [0.05, 0.1) is 50.7 Å². The number of carbonyl (C=O) groups excluding carboxylic acids is 2. The average molecular weight is 619 g/mol. The van der Waals surface area contributed by atoms with Crippen LogP contribution < -0.4 is 10.1 Å². The number of fused-ring (bicyclic) bond motifs is 1. The number of benzene rings is 1. The zero-order chi connectivity index (χ0) is 30.9. The number of rotatable bonds is 7. The van der Waals surface area contributed by atoms with Crippen LogP contribution in [0.5, 0.6) is 5.88 Å². The number of pyridine rings is 3. The molecule has 0 spiro atoms. The molecular formula is C32H29Cl2N5O4. The molecule has 43 heavy (non-hydrogen) atoms. The number of amides is 1. The maximum atomic E-state index is 12.1. The van der Waals surface area contributed by atoms with Gasteiger partial charge in [0.2, 0.25) is 5.88 Å². The lowest BCUT2D eigenvalue weighted by Crippen LogP contribution is -2.40. The molecule has 0 radical (unpaired) electrons. The summed E-state index contributed by atoms with van der Waals surface area (Å²) in [4.78, 5) is 37.2. The molecule has 220 valence electrons. The maximum Gasteiger partial charge on any atom is 0.407 e. The van der Waals surface area contributed by atoms with Crippen LogP contribution in [0.2, 0.25) is 10.0 Å². The van der Waals surface area contributed by atoms with E-state index in [-0.39, 0.29) is 6.61 Å². The minimum Gasteiger partial charge on any atom is -0.481 e. The summed E-state index contributed by atoms with van der Waals surface area (Å²) in [6, 6.07) is 12.9. The van der Waals surface area contributed by atoms with Gasteiger partial charge >= 0.3 is 6.09 Å². The molecule has 9 nitrogen and oxygen atoms in total. The van der Waals surface area contributed by atoms with Crippen LogP contribution in [0.3, 0.4) is 0 Å². The predicted octanol–water partition coefficient (Wildman–Crippen LogP) is 7.52. The molecule has 5 rings (SSSR count). The normalized spacial score (nSPS) is 11.4. The number of ether oxygens (including phenoxy) is 2. The highest BCUT2D eigenvalue weighted by Gasteiger charge is 2.20. The van der Waals surface area contributed by atoms with Gasteiger partial charge in [-0.2, -0.15) is 0 Å². The van der Waals surface area contributed by atoms with Crippen LogP contribution in [0.15, 0.2) is 61.1 Å². The average Bonchev–Trinajstić information content (AvgIpc) is 3.30. The Morgan fingerprint density at radius 1 is 1.05 bits per heavy atom. The van der Waals surface area contributed by atoms with Gasteiger partial charge in [0.15, 0.2) is 6.29 Å². The molecule has 0 saturated carbocycles. The standard InChI is InChI=1S/C32H29Cl2N5O4/c1-32(2,3)38-31(41)43-17-18-9-10-24(37-30(18)42-5)23-8-6-7-21(26(23)33)22-11-12-35-29(27(22)34)19-13-25-28(36-14-19)20(16-40)15-39(25)4/h6-16H,17H2,1-5H3,(H,38,41). The summed E-state index contributed by atoms with van der Waals surface area (Å²) in [6.45, 7) is 5.60. The molecule has 1 N–H and O–H groups in total. The van der Waals surface area contributed by atoms with Crippen LogP contribution in [-0.2, 0) is 18.4 Å². The van der Waals surface area contributed by atoms with Crippen LogP contribution in [0.1, 0.15) is 36.7 Å². The highest BCUT2D eigenvalue weighted by atomic mass is 35.5. The van der Waals surface area contributed by atoms with Crippen molar-refractivity contribution in [2.45, 2.75) is 32.9 Å². The molecule has 0 aliphatic rings. The lowest BCUT2D eigenvalue weighted by molar-refractivity contribution is 0.112. The highest BCUT2D eigenvalue weighted by Crippen LogP contribution is 2.42. The number of aldehydes is 1. The number of alkyl carbamates (subject to hydrolysis) is 1. The summed E-state index contributed by atoms with van der Waals surface area (Å²) < 4.78 is 12.7. The molecule has 0 bridgehead atoms. The fourth-order valence-corrected chi connectivity index (χ4v) is 5.33. The van der Waals surface area contributed by atoms with Crippen molar-refractivity contribution < 1.29 is 19.1 Å². The van der Waals surface area contributed by atoms with E-state index >= 15 is 0 Å². The third-order valence-corrected chi connectivity index (χ3v) is 7.47. The molecule has 0 saturated heterocycles. The van der Waals surface area contributed by atoms with E-state index in [1.807, 2.05) is 56.7 Å². The van der Waals surface area contributed by atoms with E-state index in [0.717, 1.165) is 11.8 Å². The molecule has 1 amide bonds. The Morgan fingerprint density at radius 2 is 1.79 bits per heavy atom. The summed E-state index contributed by atoms with van der Waals surface area (Å²) >= 11 is 13.9. The van der Waals surface area contributed by atoms with E-state index in [0.29, 0.717) is 66.2 Å². The lowest BCUT2D eigenvalue weighted by atomic mass is 10.00. The Balaban J connectivity index is 1.48. The van der Waals surface area contributed by atoms with Crippen molar-refractivity contribution in [1.82, 2.24) is 24.8 Å². The Morgan fingerprint density at radius 3 is 2.51 bits per heavy atom. The van der Waals surface area contributed by atoms with Crippen molar-refractivity contribution in [2.75, 3.05) is 7.11 Å². The van der Waals surface area contributed by atoms with E-state index in [1.165, 1.54) is 7.11 Å². The maximum absolute atomic E-state index is 12.1. The largest absolute Gasteiger partial charge is 0.481 e. The zero-order valence-electron chi connectivity index (χ0n) is 24.2. The van der Waals surface area contributed by atoms with Gasteiger partial charge in [0, 0.05) is 53.4 Å². The number of aromatic nitrogens is 4. The third kappa shape index (κ3) is 6.18. The zero-order valence-corrected chi connectivity index (χ0v) is 25.7. The fourth-order valence-electron chi connectivity index (χ4n) is 4.68. The minimum absolute atomic E-state index is 0.0125. The van der Waals surface area contributed by atoms with Crippen molar-refractivity contribution in [1.29, 1.82) is 0 Å². The number of methoxy groups -OCH3 is 1. The van der Waals surface area contributed by atoms with Gasteiger partial charge in [-0.15, -0.1) is 0 Å². The summed E-state index contributed by atoms with van der Waals surface area (Å²) in [7, 11) is 3.35. The number of halogens is 2. The van der Waals surface area contributed by atoms with Crippen LogP contribution >= 0.6 is 23.2 Å². The monoisotopic (exact) mass is 617 g/mol. The second-order valence-corrected chi connectivity index (χ2v) is 11.7. The fraction of sp³-hybridized carbons (Fsp3) is 0.219. The highest BCUT2D eigenvalue weighted by molar-refractivity contribution is 6.39. The molecule has 0 atom stereocenters. The lowest BCUT2D eigenvalue weighted by Gasteiger charge is -2.20. The third-order valence-electron chi connectivity index (χ3n) is 6.68. The molecule has 11 heteroatoms. The van der Waals surface area contributed by atoms with E-state index in [9.17, 15) is 9.59 Å². The number of hydrogen-bond acceptors (Lipinski definition) is 7. The number of nitrogens with one attached hydrogen (secondary N) is 1. The van der Waals surface area contributed by atoms with Gasteiger partial charge in [0.25, 0.3) is 0 Å². The van der Waals surface area contributed by atoms with Gasteiger partial charge in [0.1, 0.15) is 6.61 Å². The molecule has 1 aromatic carbocycles. The molecule has 0 fully saturated rings. The SMILES string of the molecule is COc1nc(-c2cccc(-c3ccnc(-c4cnc5c(C=O)cn(C)c5c4)c3Cl)c2Cl)ccc1COC(=O)NC(C)(C)C. The van der Waals surface area contributed by atoms with E-state index in [1.54, 1.807) is 36.8 Å². The van der Waals surface area contributed by atoms with Crippen molar-refractivity contribution in [3.05, 3.63) is 82.2 Å². The second-order valence-electron chi connectivity index (χ2n) is 10.9. The minimum atomic E-state index is -0.534. The number of carbonyl (C=O) groups is 2. The first kappa shape index (κ1) is 30.0. The summed E-state index contributed by atoms with van der Waals surface area (Å²) in [6.07, 6.45) is 5.30. The topological polar surface area (TPSA) is 108 Å². The number of nitrogens with zero attached hydrogens (tertiary/aromatic N) is 4. The molecular weight excluding hydrogens is 589 g/mol. The van der Waals surface area contributed by atoms with Crippen molar-refractivity contribution in [3.63, 3.8) is 0 Å². The molecule has 0 unspecified atom stereocenters. The van der Waals surface area contributed by atoms with E-state index in [2.05, 4.69) is 20.3 Å². The van der Waals surface area contributed by atoms with Gasteiger partial charge in [-0.3, -0.25) is 14.8 Å². The van der Waals surface area contributed by atoms with Gasteiger partial charge in [-0.1, -0.05) is 41.4 Å². The second kappa shape index (κ2) is 12.0. The number of aryl methyl sites for hydroxylation is 1. The van der Waals surface area contributed by atoms with Crippen molar-refractivity contribution >= 4 is 46.6 Å². The Hall–Kier alpha value is -4.47. The molecule has 0 aliphatic heterocycles. The van der Waals surface area contributed by atoms with Crippen LogP contribution in [0.4, 0.5) is 4.79 Å². The smallest absolute Gasteiger partial charge is 0.407 e. The van der Waals surface area contributed by atoms with Crippen LogP contribution in [-0.4, -0.2) is 44.5 Å².